The number of hydrogen-bond donors (Lipinski definition) is 2. The predicted octanol–water partition coefficient (Wildman–Crippen LogP) is 2.80. The number of aromatic nitrogens is 1. The zero-order valence-electron chi connectivity index (χ0n) is 15.7. The van der Waals surface area contributed by atoms with Gasteiger partial charge in [0.25, 0.3) is 0 Å². The van der Waals surface area contributed by atoms with Gasteiger partial charge in [0.2, 0.25) is 0 Å². The van der Waals surface area contributed by atoms with Gasteiger partial charge in [0.05, 0.1) is 12.2 Å². The Labute approximate surface area is 156 Å². The highest BCUT2D eigenvalue weighted by molar-refractivity contribution is 5.79. The number of aliphatic imine (C=N–C) groups is 1. The first-order valence-corrected chi connectivity index (χ1v) is 9.39. The van der Waals surface area contributed by atoms with Gasteiger partial charge in [0.1, 0.15) is 0 Å². The lowest BCUT2D eigenvalue weighted by atomic mass is 9.97. The predicted molar refractivity (Wildman–Crippen MR) is 107 cm³/mol. The Bertz CT molecular complexity index is 686. The lowest BCUT2D eigenvalue weighted by Gasteiger charge is -2.38. The average molecular weight is 351 g/mol. The van der Waals surface area contributed by atoms with Crippen LogP contribution < -0.4 is 10.6 Å². The summed E-state index contributed by atoms with van der Waals surface area (Å²) in [6.45, 7) is 5.14. The molecular weight excluding hydrogens is 322 g/mol. The molecule has 1 aromatic heterocycles. The van der Waals surface area contributed by atoms with E-state index in [-0.39, 0.29) is 0 Å². The van der Waals surface area contributed by atoms with E-state index in [1.165, 1.54) is 5.56 Å². The maximum atomic E-state index is 4.36. The van der Waals surface area contributed by atoms with Crippen LogP contribution in [0.1, 0.15) is 31.0 Å². The van der Waals surface area contributed by atoms with Crippen molar-refractivity contribution in [2.45, 2.75) is 44.9 Å². The molecule has 1 aliphatic rings. The summed E-state index contributed by atoms with van der Waals surface area (Å²) in [5.41, 5.74) is 2.40. The number of guanidine groups is 1. The van der Waals surface area contributed by atoms with E-state index in [1.807, 2.05) is 31.4 Å². The Morgan fingerprint density at radius 2 is 2.00 bits per heavy atom. The minimum atomic E-state index is 0.451. The first kappa shape index (κ1) is 18.4. The van der Waals surface area contributed by atoms with E-state index >= 15 is 0 Å². The van der Waals surface area contributed by atoms with E-state index in [1.54, 1.807) is 0 Å². The Morgan fingerprint density at radius 1 is 1.19 bits per heavy atom. The molecule has 2 unspecified atom stereocenters. The molecule has 5 nitrogen and oxygen atoms in total. The fraction of sp³-hybridized carbons (Fsp3) is 0.429. The third-order valence-electron chi connectivity index (χ3n) is 4.97. The molecule has 1 fully saturated rings. The molecular formula is C21H29N5. The van der Waals surface area contributed by atoms with E-state index in [0.29, 0.717) is 18.6 Å². The van der Waals surface area contributed by atoms with Crippen LogP contribution in [0.25, 0.3) is 0 Å². The number of benzene rings is 1. The first-order valence-electron chi connectivity index (χ1n) is 9.39. The molecule has 0 aliphatic carbocycles. The molecule has 2 N–H and O–H groups in total. The van der Waals surface area contributed by atoms with Crippen molar-refractivity contribution < 1.29 is 0 Å². The molecule has 1 aromatic carbocycles. The molecule has 0 spiro atoms. The maximum Gasteiger partial charge on any atom is 0.191 e. The standard InChI is InChI=1S/C21H29N5/c1-17-14-19(11-13-26(17)16-18-8-4-3-5-9-18)25-21(22-2)24-15-20-10-6-7-12-23-20/h3-10,12,17,19H,11,13-16H2,1-2H3,(H2,22,24,25). The minimum absolute atomic E-state index is 0.451. The van der Waals surface area contributed by atoms with Gasteiger partial charge in [-0.1, -0.05) is 36.4 Å². The highest BCUT2D eigenvalue weighted by Crippen LogP contribution is 2.19. The second-order valence-electron chi connectivity index (χ2n) is 6.92. The van der Waals surface area contributed by atoms with Crippen LogP contribution in [0, 0.1) is 0 Å². The second kappa shape index (κ2) is 9.34. The summed E-state index contributed by atoms with van der Waals surface area (Å²) in [7, 11) is 1.82. The molecule has 5 heteroatoms. The molecule has 0 bridgehead atoms. The van der Waals surface area contributed by atoms with Crippen LogP contribution in [0.2, 0.25) is 0 Å². The summed E-state index contributed by atoms with van der Waals surface area (Å²) >= 11 is 0. The van der Waals surface area contributed by atoms with Crippen molar-refractivity contribution >= 4 is 5.96 Å². The van der Waals surface area contributed by atoms with Crippen LogP contribution in [-0.4, -0.2) is 41.5 Å². The summed E-state index contributed by atoms with van der Waals surface area (Å²) in [5, 5.41) is 6.94. The van der Waals surface area contributed by atoms with Crippen LogP contribution in [0.3, 0.4) is 0 Å². The molecule has 3 rings (SSSR count). The largest absolute Gasteiger partial charge is 0.354 e. The van der Waals surface area contributed by atoms with Gasteiger partial charge in [-0.25, -0.2) is 0 Å². The van der Waals surface area contributed by atoms with Crippen LogP contribution >= 0.6 is 0 Å². The van der Waals surface area contributed by atoms with Crippen LogP contribution in [0.5, 0.6) is 0 Å². The first-order chi connectivity index (χ1) is 12.7. The van der Waals surface area contributed by atoms with Crippen molar-refractivity contribution in [2.24, 2.45) is 4.99 Å². The Morgan fingerprint density at radius 3 is 2.69 bits per heavy atom. The number of likely N-dealkylation sites (tertiary alicyclic amines) is 1. The van der Waals surface area contributed by atoms with Crippen molar-refractivity contribution in [1.82, 2.24) is 20.5 Å². The van der Waals surface area contributed by atoms with Gasteiger partial charge in [0, 0.05) is 38.4 Å². The molecule has 1 saturated heterocycles. The smallest absolute Gasteiger partial charge is 0.191 e. The lowest BCUT2D eigenvalue weighted by Crippen LogP contribution is -2.51. The zero-order valence-corrected chi connectivity index (χ0v) is 15.7. The van der Waals surface area contributed by atoms with E-state index in [9.17, 15) is 0 Å². The summed E-state index contributed by atoms with van der Waals surface area (Å²) in [4.78, 5) is 11.3. The van der Waals surface area contributed by atoms with Gasteiger partial charge in [-0.2, -0.15) is 0 Å². The molecule has 2 heterocycles. The number of piperidine rings is 1. The number of nitrogens with zero attached hydrogens (tertiary/aromatic N) is 3. The quantitative estimate of drug-likeness (QED) is 0.642. The molecule has 26 heavy (non-hydrogen) atoms. The topological polar surface area (TPSA) is 52.6 Å². The molecule has 2 aromatic rings. The fourth-order valence-corrected chi connectivity index (χ4v) is 3.47. The van der Waals surface area contributed by atoms with E-state index in [4.69, 9.17) is 0 Å². The summed E-state index contributed by atoms with van der Waals surface area (Å²) in [6, 6.07) is 17.7. The Hall–Kier alpha value is -2.40. The van der Waals surface area contributed by atoms with Gasteiger partial charge in [-0.05, 0) is 37.5 Å². The molecule has 138 valence electrons. The minimum Gasteiger partial charge on any atom is -0.354 e. The lowest BCUT2D eigenvalue weighted by molar-refractivity contribution is 0.134. The third kappa shape index (κ3) is 5.30. The highest BCUT2D eigenvalue weighted by Gasteiger charge is 2.25. The van der Waals surface area contributed by atoms with E-state index in [2.05, 4.69) is 62.8 Å². The van der Waals surface area contributed by atoms with Crippen molar-refractivity contribution in [3.05, 3.63) is 66.0 Å². The zero-order chi connectivity index (χ0) is 18.2. The number of pyridine rings is 1. The van der Waals surface area contributed by atoms with Gasteiger partial charge in [-0.15, -0.1) is 0 Å². The SMILES string of the molecule is CN=C(NCc1ccccn1)NC1CCN(Cc2ccccc2)C(C)C1. The molecule has 0 radical (unpaired) electrons. The van der Waals surface area contributed by atoms with Crippen molar-refractivity contribution in [2.75, 3.05) is 13.6 Å². The maximum absolute atomic E-state index is 4.36. The van der Waals surface area contributed by atoms with Crippen molar-refractivity contribution in [3.63, 3.8) is 0 Å². The van der Waals surface area contributed by atoms with Gasteiger partial charge >= 0.3 is 0 Å². The summed E-state index contributed by atoms with van der Waals surface area (Å²) < 4.78 is 0. The number of nitrogens with one attached hydrogen (secondary N) is 2. The molecule has 0 saturated carbocycles. The molecule has 0 amide bonds. The number of hydrogen-bond acceptors (Lipinski definition) is 3. The third-order valence-corrected chi connectivity index (χ3v) is 4.97. The fourth-order valence-electron chi connectivity index (χ4n) is 3.47. The monoisotopic (exact) mass is 351 g/mol. The van der Waals surface area contributed by atoms with Gasteiger partial charge in [-0.3, -0.25) is 14.9 Å². The highest BCUT2D eigenvalue weighted by atomic mass is 15.2. The average Bonchev–Trinajstić information content (AvgIpc) is 2.69. The Kier molecular flexibility index (Phi) is 6.61. The van der Waals surface area contributed by atoms with Crippen LogP contribution in [-0.2, 0) is 13.1 Å². The van der Waals surface area contributed by atoms with Crippen LogP contribution in [0.4, 0.5) is 0 Å². The molecule has 2 atom stereocenters. The summed E-state index contributed by atoms with van der Waals surface area (Å²) in [5.74, 6) is 0.851. The van der Waals surface area contributed by atoms with Crippen molar-refractivity contribution in [3.8, 4) is 0 Å². The molecule has 1 aliphatic heterocycles. The van der Waals surface area contributed by atoms with Crippen LogP contribution in [0.15, 0.2) is 59.7 Å². The second-order valence-corrected chi connectivity index (χ2v) is 6.92. The van der Waals surface area contributed by atoms with Gasteiger partial charge < -0.3 is 10.6 Å². The summed E-state index contributed by atoms with van der Waals surface area (Å²) in [6.07, 6.45) is 4.07. The van der Waals surface area contributed by atoms with Crippen molar-refractivity contribution in [1.29, 1.82) is 0 Å². The normalized spacial score (nSPS) is 21.4. The Balaban J connectivity index is 1.47. The van der Waals surface area contributed by atoms with Gasteiger partial charge in [0.15, 0.2) is 5.96 Å². The van der Waals surface area contributed by atoms with E-state index < -0.39 is 0 Å². The number of rotatable bonds is 5. The van der Waals surface area contributed by atoms with E-state index in [0.717, 1.165) is 37.6 Å².